The molecule has 0 radical (unpaired) electrons. The Morgan fingerprint density at radius 2 is 2.04 bits per heavy atom. The van der Waals surface area contributed by atoms with Gasteiger partial charge in [0.1, 0.15) is 0 Å². The predicted octanol–water partition coefficient (Wildman–Crippen LogP) is 5.61. The molecule has 0 spiro atoms. The van der Waals surface area contributed by atoms with Gasteiger partial charge in [-0.15, -0.1) is 0 Å². The molecular formula is C20H19ClN4O2. The zero-order valence-corrected chi connectivity index (χ0v) is 15.6. The molecule has 3 aromatic rings. The van der Waals surface area contributed by atoms with Crippen LogP contribution in [0.15, 0.2) is 47.0 Å². The smallest absolute Gasteiger partial charge is 0.323 e. The standard InChI is InChI=1S/C20H19ClN4O2/c1-12-8-9-15(21)11-17(12)23-20(26)22-16-7-3-6-14(10-16)18-24-19(27-25-18)13-4-2-5-13/h3,6-11,13H,2,4-5H2,1H3,(H2,22,23,26). The molecule has 7 heteroatoms. The van der Waals surface area contributed by atoms with Crippen LogP contribution in [0.5, 0.6) is 0 Å². The Balaban J connectivity index is 1.46. The molecule has 6 nitrogen and oxygen atoms in total. The lowest BCUT2D eigenvalue weighted by atomic mass is 9.85. The summed E-state index contributed by atoms with van der Waals surface area (Å²) in [5.74, 6) is 1.62. The van der Waals surface area contributed by atoms with Crippen molar-refractivity contribution in [2.75, 3.05) is 10.6 Å². The molecule has 1 aliphatic carbocycles. The minimum absolute atomic E-state index is 0.346. The minimum atomic E-state index is -0.346. The van der Waals surface area contributed by atoms with Gasteiger partial charge in [-0.2, -0.15) is 4.98 Å². The Morgan fingerprint density at radius 1 is 1.19 bits per heavy atom. The SMILES string of the molecule is Cc1ccc(Cl)cc1NC(=O)Nc1cccc(-c2noc(C3CCC3)n2)c1. The van der Waals surface area contributed by atoms with Gasteiger partial charge in [0, 0.05) is 27.9 Å². The van der Waals surface area contributed by atoms with E-state index >= 15 is 0 Å². The molecule has 2 amide bonds. The summed E-state index contributed by atoms with van der Waals surface area (Å²) in [6, 6.07) is 12.4. The Labute approximate surface area is 161 Å². The van der Waals surface area contributed by atoms with Crippen LogP contribution < -0.4 is 10.6 Å². The third kappa shape index (κ3) is 3.95. The first kappa shape index (κ1) is 17.5. The fraction of sp³-hybridized carbons (Fsp3) is 0.250. The summed E-state index contributed by atoms with van der Waals surface area (Å²) in [6.07, 6.45) is 3.42. The molecule has 0 aliphatic heterocycles. The van der Waals surface area contributed by atoms with Crippen LogP contribution in [-0.4, -0.2) is 16.2 Å². The summed E-state index contributed by atoms with van der Waals surface area (Å²) < 4.78 is 5.37. The molecule has 27 heavy (non-hydrogen) atoms. The van der Waals surface area contributed by atoms with Crippen molar-refractivity contribution in [2.24, 2.45) is 0 Å². The topological polar surface area (TPSA) is 80.0 Å². The van der Waals surface area contributed by atoms with Gasteiger partial charge in [-0.05, 0) is 49.6 Å². The molecule has 0 atom stereocenters. The second-order valence-electron chi connectivity index (χ2n) is 6.70. The van der Waals surface area contributed by atoms with Crippen molar-refractivity contribution in [3.05, 3.63) is 58.9 Å². The van der Waals surface area contributed by atoms with E-state index in [0.29, 0.717) is 34.0 Å². The molecule has 1 heterocycles. The molecule has 1 fully saturated rings. The molecule has 0 unspecified atom stereocenters. The molecular weight excluding hydrogens is 364 g/mol. The van der Waals surface area contributed by atoms with Gasteiger partial charge in [-0.3, -0.25) is 0 Å². The summed E-state index contributed by atoms with van der Waals surface area (Å²) in [5.41, 5.74) is 3.03. The van der Waals surface area contributed by atoms with Gasteiger partial charge in [0.2, 0.25) is 11.7 Å². The van der Waals surface area contributed by atoms with Gasteiger partial charge in [0.25, 0.3) is 0 Å². The first-order chi connectivity index (χ1) is 13.1. The van der Waals surface area contributed by atoms with Crippen molar-refractivity contribution in [1.29, 1.82) is 0 Å². The summed E-state index contributed by atoms with van der Waals surface area (Å²) >= 11 is 5.99. The van der Waals surface area contributed by atoms with E-state index in [9.17, 15) is 4.79 Å². The normalized spacial score (nSPS) is 13.9. The van der Waals surface area contributed by atoms with Gasteiger partial charge < -0.3 is 15.2 Å². The highest BCUT2D eigenvalue weighted by atomic mass is 35.5. The van der Waals surface area contributed by atoms with Crippen LogP contribution in [0.3, 0.4) is 0 Å². The number of hydrogen-bond donors (Lipinski definition) is 2. The second kappa shape index (κ2) is 7.40. The number of hydrogen-bond acceptors (Lipinski definition) is 4. The van der Waals surface area contributed by atoms with Crippen molar-refractivity contribution in [3.63, 3.8) is 0 Å². The molecule has 1 saturated carbocycles. The fourth-order valence-electron chi connectivity index (χ4n) is 2.92. The lowest BCUT2D eigenvalue weighted by molar-refractivity contribution is 0.262. The van der Waals surface area contributed by atoms with E-state index in [2.05, 4.69) is 20.8 Å². The van der Waals surface area contributed by atoms with Crippen LogP contribution >= 0.6 is 11.6 Å². The quantitative estimate of drug-likeness (QED) is 0.614. The molecule has 4 rings (SSSR count). The first-order valence-corrected chi connectivity index (χ1v) is 9.24. The number of carbonyl (C=O) groups is 1. The number of rotatable bonds is 4. The first-order valence-electron chi connectivity index (χ1n) is 8.87. The number of halogens is 1. The number of benzene rings is 2. The highest BCUT2D eigenvalue weighted by molar-refractivity contribution is 6.31. The average molecular weight is 383 g/mol. The van der Waals surface area contributed by atoms with Gasteiger partial charge in [-0.25, -0.2) is 4.79 Å². The number of aryl methyl sites for hydroxylation is 1. The van der Waals surface area contributed by atoms with Crippen molar-refractivity contribution in [2.45, 2.75) is 32.1 Å². The third-order valence-electron chi connectivity index (χ3n) is 4.72. The maximum Gasteiger partial charge on any atom is 0.323 e. The predicted molar refractivity (Wildman–Crippen MR) is 105 cm³/mol. The molecule has 1 aromatic heterocycles. The number of urea groups is 1. The molecule has 2 N–H and O–H groups in total. The lowest BCUT2D eigenvalue weighted by Gasteiger charge is -2.20. The molecule has 2 aromatic carbocycles. The lowest BCUT2D eigenvalue weighted by Crippen LogP contribution is -2.20. The van der Waals surface area contributed by atoms with E-state index in [4.69, 9.17) is 16.1 Å². The molecule has 0 saturated heterocycles. The van der Waals surface area contributed by atoms with Crippen LogP contribution in [0, 0.1) is 6.92 Å². The highest BCUT2D eigenvalue weighted by Crippen LogP contribution is 2.36. The van der Waals surface area contributed by atoms with E-state index in [1.54, 1.807) is 18.2 Å². The van der Waals surface area contributed by atoms with E-state index < -0.39 is 0 Å². The molecule has 0 bridgehead atoms. The van der Waals surface area contributed by atoms with Crippen LogP contribution in [-0.2, 0) is 0 Å². The van der Waals surface area contributed by atoms with Crippen molar-refractivity contribution in [1.82, 2.24) is 10.1 Å². The van der Waals surface area contributed by atoms with Crippen LogP contribution in [0.25, 0.3) is 11.4 Å². The summed E-state index contributed by atoms with van der Waals surface area (Å²) in [5, 5.41) is 10.3. The largest absolute Gasteiger partial charge is 0.339 e. The number of nitrogens with one attached hydrogen (secondary N) is 2. The summed E-state index contributed by atoms with van der Waals surface area (Å²) in [6.45, 7) is 1.91. The third-order valence-corrected chi connectivity index (χ3v) is 4.96. The maximum absolute atomic E-state index is 12.3. The van der Waals surface area contributed by atoms with E-state index in [0.717, 1.165) is 24.0 Å². The van der Waals surface area contributed by atoms with E-state index in [1.807, 2.05) is 31.2 Å². The second-order valence-corrected chi connectivity index (χ2v) is 7.14. The Bertz CT molecular complexity index is 982. The van der Waals surface area contributed by atoms with E-state index in [-0.39, 0.29) is 6.03 Å². The zero-order valence-electron chi connectivity index (χ0n) is 14.8. The summed E-state index contributed by atoms with van der Waals surface area (Å²) in [4.78, 5) is 16.8. The Kier molecular flexibility index (Phi) is 4.81. The Morgan fingerprint density at radius 3 is 2.81 bits per heavy atom. The van der Waals surface area contributed by atoms with Gasteiger partial charge >= 0.3 is 6.03 Å². The zero-order chi connectivity index (χ0) is 18.8. The number of anilines is 2. The van der Waals surface area contributed by atoms with Gasteiger partial charge in [-0.1, -0.05) is 41.4 Å². The maximum atomic E-state index is 12.3. The summed E-state index contributed by atoms with van der Waals surface area (Å²) in [7, 11) is 0. The number of aromatic nitrogens is 2. The average Bonchev–Trinajstić information content (AvgIpc) is 3.06. The van der Waals surface area contributed by atoms with Crippen LogP contribution in [0.2, 0.25) is 5.02 Å². The van der Waals surface area contributed by atoms with Crippen molar-refractivity contribution in [3.8, 4) is 11.4 Å². The number of amides is 2. The monoisotopic (exact) mass is 382 g/mol. The Hall–Kier alpha value is -2.86. The van der Waals surface area contributed by atoms with Crippen molar-refractivity contribution >= 4 is 29.0 Å². The van der Waals surface area contributed by atoms with Crippen LogP contribution in [0.1, 0.15) is 36.6 Å². The molecule has 1 aliphatic rings. The van der Waals surface area contributed by atoms with Crippen molar-refractivity contribution < 1.29 is 9.32 Å². The van der Waals surface area contributed by atoms with E-state index in [1.165, 1.54) is 6.42 Å². The molecule has 138 valence electrons. The number of carbonyl (C=O) groups excluding carboxylic acids is 1. The fourth-order valence-corrected chi connectivity index (χ4v) is 3.10. The van der Waals surface area contributed by atoms with Gasteiger partial charge in [0.05, 0.1) is 0 Å². The highest BCUT2D eigenvalue weighted by Gasteiger charge is 2.25. The minimum Gasteiger partial charge on any atom is -0.339 e. The van der Waals surface area contributed by atoms with Crippen LogP contribution in [0.4, 0.5) is 16.2 Å². The number of nitrogens with zero attached hydrogens (tertiary/aromatic N) is 2. The van der Waals surface area contributed by atoms with Gasteiger partial charge in [0.15, 0.2) is 0 Å².